The minimum atomic E-state index is -0.596. The number of anilines is 5. The highest BCUT2D eigenvalue weighted by atomic mass is 19.1. The van der Waals surface area contributed by atoms with Crippen LogP contribution < -0.4 is 15.1 Å². The maximum Gasteiger partial charge on any atom is 0.260 e. The number of fused-ring (bicyclic) bond motifs is 2. The number of hydrogen-bond donors (Lipinski definition) is 1. The Labute approximate surface area is 149 Å². The third-order valence-electron chi connectivity index (χ3n) is 4.21. The van der Waals surface area contributed by atoms with Gasteiger partial charge in [-0.2, -0.15) is 9.37 Å². The molecular formula is C18H15FN6O. The van der Waals surface area contributed by atoms with Crippen LogP contribution in [0.3, 0.4) is 0 Å². The Kier molecular flexibility index (Phi) is 3.72. The van der Waals surface area contributed by atoms with Crippen molar-refractivity contribution in [3.8, 4) is 0 Å². The highest BCUT2D eigenvalue weighted by Gasteiger charge is 2.28. The van der Waals surface area contributed by atoms with Gasteiger partial charge in [0.2, 0.25) is 11.9 Å². The van der Waals surface area contributed by atoms with Crippen molar-refractivity contribution in [2.24, 2.45) is 0 Å². The third kappa shape index (κ3) is 2.61. The first-order chi connectivity index (χ1) is 12.5. The second-order valence-corrected chi connectivity index (χ2v) is 5.84. The van der Waals surface area contributed by atoms with Gasteiger partial charge in [0.1, 0.15) is 5.69 Å². The molecule has 0 saturated carbocycles. The molecule has 1 N–H and O–H groups in total. The molecule has 7 nitrogen and oxygen atoms in total. The van der Waals surface area contributed by atoms with Crippen LogP contribution in [0.15, 0.2) is 48.8 Å². The quantitative estimate of drug-likeness (QED) is 0.716. The monoisotopic (exact) mass is 350 g/mol. The van der Waals surface area contributed by atoms with E-state index in [0.717, 1.165) is 5.69 Å². The van der Waals surface area contributed by atoms with Gasteiger partial charge in [0, 0.05) is 32.0 Å². The van der Waals surface area contributed by atoms with Gasteiger partial charge in [0.25, 0.3) is 5.91 Å². The number of nitrogens with zero attached hydrogens (tertiary/aromatic N) is 5. The molecule has 4 rings (SSSR count). The van der Waals surface area contributed by atoms with E-state index in [-0.39, 0.29) is 5.91 Å². The third-order valence-corrected chi connectivity index (χ3v) is 4.21. The van der Waals surface area contributed by atoms with E-state index in [0.29, 0.717) is 28.7 Å². The van der Waals surface area contributed by atoms with E-state index in [2.05, 4.69) is 20.3 Å². The Hall–Kier alpha value is -3.55. The second-order valence-electron chi connectivity index (χ2n) is 5.84. The van der Waals surface area contributed by atoms with E-state index in [1.165, 1.54) is 17.2 Å². The lowest BCUT2D eigenvalue weighted by molar-refractivity contribution is 0.0994. The van der Waals surface area contributed by atoms with E-state index in [1.54, 1.807) is 25.4 Å². The minimum Gasteiger partial charge on any atom is -0.327 e. The normalized spacial score (nSPS) is 13.1. The van der Waals surface area contributed by atoms with Crippen LogP contribution in [-0.4, -0.2) is 35.0 Å². The molecule has 0 spiro atoms. The van der Waals surface area contributed by atoms with Crippen molar-refractivity contribution in [2.45, 2.75) is 0 Å². The summed E-state index contributed by atoms with van der Waals surface area (Å²) in [5.74, 6) is 0.132. The summed E-state index contributed by atoms with van der Waals surface area (Å²) in [7, 11) is 3.53. The first kappa shape index (κ1) is 15.9. The van der Waals surface area contributed by atoms with Crippen molar-refractivity contribution < 1.29 is 9.18 Å². The van der Waals surface area contributed by atoms with E-state index >= 15 is 0 Å². The number of halogens is 1. The minimum absolute atomic E-state index is 0.133. The van der Waals surface area contributed by atoms with E-state index < -0.39 is 5.95 Å². The van der Waals surface area contributed by atoms with Crippen molar-refractivity contribution in [3.63, 3.8) is 0 Å². The molecule has 0 bridgehead atoms. The molecule has 3 heterocycles. The lowest BCUT2D eigenvalue weighted by Gasteiger charge is -2.21. The fourth-order valence-electron chi connectivity index (χ4n) is 2.87. The summed E-state index contributed by atoms with van der Waals surface area (Å²) in [6, 6.07) is 10.2. The summed E-state index contributed by atoms with van der Waals surface area (Å²) in [5.41, 5.74) is 2.41. The number of nitrogens with one attached hydrogen (secondary N) is 1. The standard InChI is InChI=1S/C18H15FN6O/c1-24-13-6-4-3-5-12(13)17(26)25(2)14-10-21-18(23-16(14)24)22-11-7-8-20-15(19)9-11/h3-10H,1-2H3,(H,20,21,22,23). The number of carbonyl (C=O) groups excluding carboxylic acids is 1. The highest BCUT2D eigenvalue weighted by Crippen LogP contribution is 2.37. The smallest absolute Gasteiger partial charge is 0.260 e. The first-order valence-electron chi connectivity index (χ1n) is 7.91. The van der Waals surface area contributed by atoms with Crippen molar-refractivity contribution in [3.05, 3.63) is 60.3 Å². The van der Waals surface area contributed by atoms with Crippen molar-refractivity contribution in [2.75, 3.05) is 29.2 Å². The van der Waals surface area contributed by atoms with Gasteiger partial charge in [0.15, 0.2) is 5.82 Å². The van der Waals surface area contributed by atoms with Crippen LogP contribution >= 0.6 is 0 Å². The fraction of sp³-hybridized carbons (Fsp3) is 0.111. The molecule has 3 aromatic rings. The first-order valence-corrected chi connectivity index (χ1v) is 7.91. The van der Waals surface area contributed by atoms with E-state index in [4.69, 9.17) is 0 Å². The number of para-hydroxylation sites is 1. The molecule has 0 radical (unpaired) electrons. The van der Waals surface area contributed by atoms with Crippen LogP contribution in [-0.2, 0) is 0 Å². The number of rotatable bonds is 2. The summed E-state index contributed by atoms with van der Waals surface area (Å²) < 4.78 is 13.3. The molecule has 26 heavy (non-hydrogen) atoms. The Morgan fingerprint density at radius 2 is 1.85 bits per heavy atom. The molecule has 1 amide bonds. The molecule has 8 heteroatoms. The summed E-state index contributed by atoms with van der Waals surface area (Å²) in [5, 5.41) is 2.95. The average Bonchev–Trinajstić information content (AvgIpc) is 2.73. The number of benzene rings is 1. The molecule has 0 fully saturated rings. The van der Waals surface area contributed by atoms with Gasteiger partial charge in [-0.1, -0.05) is 12.1 Å². The van der Waals surface area contributed by atoms with E-state index in [1.807, 2.05) is 30.1 Å². The van der Waals surface area contributed by atoms with Crippen LogP contribution in [0.2, 0.25) is 0 Å². The summed E-state index contributed by atoms with van der Waals surface area (Å²) in [4.78, 5) is 28.4. The topological polar surface area (TPSA) is 74.2 Å². The number of aromatic nitrogens is 3. The molecule has 1 aromatic carbocycles. The Bertz CT molecular complexity index is 1010. The maximum atomic E-state index is 13.3. The second kappa shape index (κ2) is 6.07. The lowest BCUT2D eigenvalue weighted by Crippen LogP contribution is -2.25. The fourth-order valence-corrected chi connectivity index (χ4v) is 2.87. The summed E-state index contributed by atoms with van der Waals surface area (Å²) in [6.07, 6.45) is 2.93. The van der Waals surface area contributed by atoms with Crippen LogP contribution in [0.5, 0.6) is 0 Å². The largest absolute Gasteiger partial charge is 0.327 e. The van der Waals surface area contributed by atoms with Gasteiger partial charge in [-0.05, 0) is 18.2 Å². The van der Waals surface area contributed by atoms with Crippen molar-refractivity contribution >= 4 is 34.7 Å². The van der Waals surface area contributed by atoms with E-state index in [9.17, 15) is 9.18 Å². The van der Waals surface area contributed by atoms with Crippen LogP contribution in [0.1, 0.15) is 10.4 Å². The zero-order chi connectivity index (χ0) is 18.3. The molecular weight excluding hydrogens is 335 g/mol. The molecule has 130 valence electrons. The molecule has 1 aliphatic heterocycles. The van der Waals surface area contributed by atoms with Crippen molar-refractivity contribution in [1.29, 1.82) is 0 Å². The van der Waals surface area contributed by atoms with Gasteiger partial charge in [-0.3, -0.25) is 4.79 Å². The number of carbonyl (C=O) groups is 1. The molecule has 2 aromatic heterocycles. The number of pyridine rings is 1. The van der Waals surface area contributed by atoms with Gasteiger partial charge >= 0.3 is 0 Å². The maximum absolute atomic E-state index is 13.3. The molecule has 0 saturated heterocycles. The Morgan fingerprint density at radius 1 is 1.04 bits per heavy atom. The zero-order valence-electron chi connectivity index (χ0n) is 14.1. The van der Waals surface area contributed by atoms with Crippen LogP contribution in [0, 0.1) is 5.95 Å². The average molecular weight is 350 g/mol. The number of amides is 1. The summed E-state index contributed by atoms with van der Waals surface area (Å²) in [6.45, 7) is 0. The predicted octanol–water partition coefficient (Wildman–Crippen LogP) is 3.11. The lowest BCUT2D eigenvalue weighted by atomic mass is 10.1. The van der Waals surface area contributed by atoms with Gasteiger partial charge in [0.05, 0.1) is 17.4 Å². The highest BCUT2D eigenvalue weighted by molar-refractivity contribution is 6.13. The van der Waals surface area contributed by atoms with Crippen LogP contribution in [0.4, 0.5) is 33.2 Å². The molecule has 0 unspecified atom stereocenters. The van der Waals surface area contributed by atoms with Crippen LogP contribution in [0.25, 0.3) is 0 Å². The number of hydrogen-bond acceptors (Lipinski definition) is 6. The van der Waals surface area contributed by atoms with Gasteiger partial charge < -0.3 is 15.1 Å². The molecule has 0 atom stereocenters. The summed E-state index contributed by atoms with van der Waals surface area (Å²) >= 11 is 0. The van der Waals surface area contributed by atoms with Crippen molar-refractivity contribution in [1.82, 2.24) is 15.0 Å². The van der Waals surface area contributed by atoms with Gasteiger partial charge in [-0.15, -0.1) is 0 Å². The molecule has 0 aliphatic carbocycles. The predicted molar refractivity (Wildman–Crippen MR) is 96.7 cm³/mol. The van der Waals surface area contributed by atoms with Gasteiger partial charge in [-0.25, -0.2) is 9.97 Å². The zero-order valence-corrected chi connectivity index (χ0v) is 14.1. The molecule has 1 aliphatic rings. The Balaban J connectivity index is 1.79. The Morgan fingerprint density at radius 3 is 2.65 bits per heavy atom. The SMILES string of the molecule is CN1C(=O)c2ccccc2N(C)c2nc(Nc3ccnc(F)c3)ncc21.